The molecule has 7 nitrogen and oxygen atoms in total. The lowest BCUT2D eigenvalue weighted by atomic mass is 10.1. The summed E-state index contributed by atoms with van der Waals surface area (Å²) in [6, 6.07) is 14.4. The highest BCUT2D eigenvalue weighted by molar-refractivity contribution is 5.89. The van der Waals surface area contributed by atoms with Crippen LogP contribution in [0.4, 0.5) is 0 Å². The highest BCUT2D eigenvalue weighted by atomic mass is 16.5. The fourth-order valence-electron chi connectivity index (χ4n) is 1.83. The van der Waals surface area contributed by atoms with Crippen molar-refractivity contribution in [3.8, 4) is 5.75 Å². The summed E-state index contributed by atoms with van der Waals surface area (Å²) in [5.74, 6) is 0.260. The average molecular weight is 326 g/mol. The number of nitrogens with two attached hydrogens (primary N) is 2. The largest absolute Gasteiger partial charge is 0.489 e. The molecule has 0 aliphatic heterocycles. The van der Waals surface area contributed by atoms with Crippen LogP contribution >= 0.6 is 0 Å². The molecule has 0 saturated carbocycles. The molecule has 2 aromatic rings. The maximum Gasteiger partial charge on any atom is 0.337 e. The van der Waals surface area contributed by atoms with Crippen LogP contribution in [0.2, 0.25) is 0 Å². The number of esters is 1. The van der Waals surface area contributed by atoms with E-state index in [0.29, 0.717) is 17.9 Å². The number of nitrogens with zero attached hydrogens (tertiary/aromatic N) is 2. The Morgan fingerprint density at radius 2 is 1.75 bits per heavy atom. The van der Waals surface area contributed by atoms with Crippen molar-refractivity contribution < 1.29 is 14.3 Å². The van der Waals surface area contributed by atoms with E-state index in [-0.39, 0.29) is 11.9 Å². The molecule has 0 spiro atoms. The minimum atomic E-state index is -0.361. The minimum absolute atomic E-state index is 0.0931. The summed E-state index contributed by atoms with van der Waals surface area (Å²) >= 11 is 0. The van der Waals surface area contributed by atoms with Crippen LogP contribution in [0, 0.1) is 0 Å². The van der Waals surface area contributed by atoms with Gasteiger partial charge in [0.2, 0.25) is 5.96 Å². The summed E-state index contributed by atoms with van der Waals surface area (Å²) in [5.41, 5.74) is 12.6. The number of guanidine groups is 1. The van der Waals surface area contributed by atoms with E-state index >= 15 is 0 Å². The predicted octanol–water partition coefficient (Wildman–Crippen LogP) is 1.66. The van der Waals surface area contributed by atoms with Crippen molar-refractivity contribution in [2.24, 2.45) is 21.7 Å². The quantitative estimate of drug-likeness (QED) is 0.363. The van der Waals surface area contributed by atoms with Crippen LogP contribution in [0.1, 0.15) is 21.5 Å². The summed E-state index contributed by atoms with van der Waals surface area (Å²) < 4.78 is 10.3. The maximum atomic E-state index is 11.4. The molecule has 124 valence electrons. The number of methoxy groups -OCH3 is 1. The molecule has 4 N–H and O–H groups in total. The molecule has 0 aromatic heterocycles. The van der Waals surface area contributed by atoms with E-state index in [0.717, 1.165) is 11.1 Å². The van der Waals surface area contributed by atoms with Crippen molar-refractivity contribution >= 4 is 18.1 Å². The van der Waals surface area contributed by atoms with Gasteiger partial charge in [-0.15, -0.1) is 5.10 Å². The molecule has 0 heterocycles. The van der Waals surface area contributed by atoms with E-state index in [1.807, 2.05) is 36.4 Å². The van der Waals surface area contributed by atoms with Gasteiger partial charge in [-0.05, 0) is 47.5 Å². The Morgan fingerprint density at radius 3 is 2.33 bits per heavy atom. The topological polar surface area (TPSA) is 112 Å². The number of hydrogen-bond acceptors (Lipinski definition) is 5. The minimum Gasteiger partial charge on any atom is -0.489 e. The van der Waals surface area contributed by atoms with Gasteiger partial charge in [-0.1, -0.05) is 12.1 Å². The van der Waals surface area contributed by atoms with Gasteiger partial charge in [0.15, 0.2) is 0 Å². The molecule has 2 aromatic carbocycles. The molecule has 0 aliphatic rings. The maximum absolute atomic E-state index is 11.4. The Bertz CT molecular complexity index is 733. The number of rotatable bonds is 6. The van der Waals surface area contributed by atoms with E-state index < -0.39 is 0 Å². The van der Waals surface area contributed by atoms with Gasteiger partial charge < -0.3 is 20.9 Å². The van der Waals surface area contributed by atoms with Gasteiger partial charge in [-0.2, -0.15) is 5.10 Å². The number of hydrogen-bond donors (Lipinski definition) is 2. The van der Waals surface area contributed by atoms with Gasteiger partial charge in [0.1, 0.15) is 12.4 Å². The zero-order valence-corrected chi connectivity index (χ0v) is 13.2. The van der Waals surface area contributed by atoms with Gasteiger partial charge in [-0.3, -0.25) is 0 Å². The lowest BCUT2D eigenvalue weighted by Crippen LogP contribution is -2.21. The van der Waals surface area contributed by atoms with Crippen LogP contribution in [0.25, 0.3) is 0 Å². The molecule has 7 heteroatoms. The highest BCUT2D eigenvalue weighted by Gasteiger charge is 2.04. The zero-order chi connectivity index (χ0) is 17.4. The number of benzene rings is 2. The van der Waals surface area contributed by atoms with Gasteiger partial charge in [0.25, 0.3) is 0 Å². The second kappa shape index (κ2) is 8.33. The third kappa shape index (κ3) is 5.13. The monoisotopic (exact) mass is 326 g/mol. The number of carbonyl (C=O) groups excluding carboxylic acids is 1. The van der Waals surface area contributed by atoms with Gasteiger partial charge in [-0.25, -0.2) is 4.79 Å². The van der Waals surface area contributed by atoms with Crippen molar-refractivity contribution in [2.45, 2.75) is 6.61 Å². The third-order valence-electron chi connectivity index (χ3n) is 3.04. The van der Waals surface area contributed by atoms with Crippen LogP contribution in [0.3, 0.4) is 0 Å². The Hall–Kier alpha value is -3.35. The van der Waals surface area contributed by atoms with Crippen LogP contribution < -0.4 is 16.2 Å². The van der Waals surface area contributed by atoms with E-state index in [4.69, 9.17) is 16.2 Å². The molecule has 0 fully saturated rings. The van der Waals surface area contributed by atoms with Crippen molar-refractivity contribution in [3.05, 3.63) is 65.2 Å². The fourth-order valence-corrected chi connectivity index (χ4v) is 1.83. The molecule has 24 heavy (non-hydrogen) atoms. The molecule has 0 bridgehead atoms. The molecule has 2 rings (SSSR count). The molecule has 0 atom stereocenters. The third-order valence-corrected chi connectivity index (χ3v) is 3.04. The number of carbonyl (C=O) groups is 1. The Kier molecular flexibility index (Phi) is 5.90. The summed E-state index contributed by atoms with van der Waals surface area (Å²) in [6.45, 7) is 0.392. The molecule has 0 aliphatic carbocycles. The molecular weight excluding hydrogens is 308 g/mol. The Morgan fingerprint density at radius 1 is 1.08 bits per heavy atom. The van der Waals surface area contributed by atoms with E-state index in [1.165, 1.54) is 13.3 Å². The van der Waals surface area contributed by atoms with Crippen LogP contribution in [-0.4, -0.2) is 25.3 Å². The van der Waals surface area contributed by atoms with Crippen LogP contribution in [0.5, 0.6) is 5.75 Å². The summed E-state index contributed by atoms with van der Waals surface area (Å²) in [7, 11) is 1.35. The van der Waals surface area contributed by atoms with E-state index in [2.05, 4.69) is 14.9 Å². The van der Waals surface area contributed by atoms with Crippen molar-refractivity contribution in [3.63, 3.8) is 0 Å². The molecular formula is C17H18N4O3. The average Bonchev–Trinajstić information content (AvgIpc) is 2.60. The normalized spacial score (nSPS) is 10.4. The van der Waals surface area contributed by atoms with Crippen molar-refractivity contribution in [2.75, 3.05) is 7.11 Å². The summed E-state index contributed by atoms with van der Waals surface area (Å²) in [4.78, 5) is 11.4. The second-order valence-corrected chi connectivity index (χ2v) is 4.82. The first-order chi connectivity index (χ1) is 11.6. The Balaban J connectivity index is 1.91. The van der Waals surface area contributed by atoms with E-state index in [9.17, 15) is 4.79 Å². The molecule has 0 saturated heterocycles. The first kappa shape index (κ1) is 17.0. The Labute approximate surface area is 139 Å². The predicted molar refractivity (Wildman–Crippen MR) is 92.0 cm³/mol. The van der Waals surface area contributed by atoms with Gasteiger partial charge in [0, 0.05) is 0 Å². The first-order valence-electron chi connectivity index (χ1n) is 7.10. The molecule has 0 amide bonds. The lowest BCUT2D eigenvalue weighted by molar-refractivity contribution is 0.0600. The van der Waals surface area contributed by atoms with Gasteiger partial charge in [0.05, 0.1) is 18.9 Å². The highest BCUT2D eigenvalue weighted by Crippen LogP contribution is 2.14. The van der Waals surface area contributed by atoms with Crippen LogP contribution in [0.15, 0.2) is 58.7 Å². The summed E-state index contributed by atoms with van der Waals surface area (Å²) in [6.07, 6.45) is 1.54. The van der Waals surface area contributed by atoms with Crippen molar-refractivity contribution in [1.82, 2.24) is 0 Å². The first-order valence-corrected chi connectivity index (χ1v) is 7.10. The second-order valence-electron chi connectivity index (χ2n) is 4.82. The standard InChI is InChI=1S/C17H18N4O3/c1-23-16(22)14-6-2-13(3-7-14)11-24-15-8-4-12(5-9-15)10-20-21-17(18)19/h2-10H,11H2,1H3,(H4,18,19,21)/b20-10+. The van der Waals surface area contributed by atoms with Crippen molar-refractivity contribution in [1.29, 1.82) is 0 Å². The van der Waals surface area contributed by atoms with E-state index in [1.54, 1.807) is 12.1 Å². The fraction of sp³-hybridized carbons (Fsp3) is 0.118. The lowest BCUT2D eigenvalue weighted by Gasteiger charge is -2.07. The molecule has 0 unspecified atom stereocenters. The van der Waals surface area contributed by atoms with Gasteiger partial charge >= 0.3 is 5.97 Å². The smallest absolute Gasteiger partial charge is 0.337 e. The SMILES string of the molecule is COC(=O)c1ccc(COc2ccc(/C=N/N=C(N)N)cc2)cc1. The number of ether oxygens (including phenoxy) is 2. The zero-order valence-electron chi connectivity index (χ0n) is 13.2. The summed E-state index contributed by atoms with van der Waals surface area (Å²) in [5, 5.41) is 7.25. The molecule has 0 radical (unpaired) electrons. The van der Waals surface area contributed by atoms with Crippen LogP contribution in [-0.2, 0) is 11.3 Å².